The maximum absolute atomic E-state index is 13.4. The molecule has 0 N–H and O–H groups in total. The first kappa shape index (κ1) is 16.3. The average Bonchev–Trinajstić information content (AvgIpc) is 2.62. The highest BCUT2D eigenvalue weighted by Gasteiger charge is 2.17. The molecule has 2 aromatic carbocycles. The first-order chi connectivity index (χ1) is 12.1. The number of anilines is 1. The van der Waals surface area contributed by atoms with E-state index in [1.165, 1.54) is 29.1 Å². The smallest absolute Gasteiger partial charge is 0.261 e. The first-order valence-corrected chi connectivity index (χ1v) is 7.47. The summed E-state index contributed by atoms with van der Waals surface area (Å²) in [6.07, 6.45) is 1.29. The number of nitriles is 1. The molecule has 0 fully saturated rings. The van der Waals surface area contributed by atoms with Crippen molar-refractivity contribution in [2.24, 2.45) is 0 Å². The maximum Gasteiger partial charge on any atom is 0.261 e. The van der Waals surface area contributed by atoms with Crippen LogP contribution in [0.5, 0.6) is 0 Å². The molecule has 124 valence electrons. The van der Waals surface area contributed by atoms with E-state index >= 15 is 0 Å². The molecule has 25 heavy (non-hydrogen) atoms. The number of halogens is 1. The maximum atomic E-state index is 13.4. The van der Waals surface area contributed by atoms with Crippen molar-refractivity contribution in [3.8, 4) is 6.07 Å². The summed E-state index contributed by atoms with van der Waals surface area (Å²) in [7, 11) is 0. The summed E-state index contributed by atoms with van der Waals surface area (Å²) in [5, 5.41) is 9.36. The summed E-state index contributed by atoms with van der Waals surface area (Å²) in [6.45, 7) is -0.549. The van der Waals surface area contributed by atoms with Gasteiger partial charge in [-0.05, 0) is 30.3 Å². The molecule has 0 spiro atoms. The number of amides is 1. The molecule has 0 aliphatic rings. The van der Waals surface area contributed by atoms with E-state index in [1.807, 2.05) is 6.07 Å². The molecule has 0 saturated heterocycles. The molecule has 6 nitrogen and oxygen atoms in total. The molecular weight excluding hydrogens is 323 g/mol. The molecule has 0 saturated carbocycles. The second-order valence-electron chi connectivity index (χ2n) is 5.31. The number of nitrogens with zero attached hydrogens (tertiary/aromatic N) is 4. The largest absolute Gasteiger partial charge is 0.297 e. The van der Waals surface area contributed by atoms with Crippen molar-refractivity contribution in [1.82, 2.24) is 9.55 Å². The third-order valence-electron chi connectivity index (χ3n) is 3.69. The Morgan fingerprint density at radius 1 is 1.24 bits per heavy atom. The minimum atomic E-state index is -0.516. The van der Waals surface area contributed by atoms with E-state index in [2.05, 4.69) is 4.98 Å². The Labute approximate surface area is 142 Å². The topological polar surface area (TPSA) is 79.0 Å². The van der Waals surface area contributed by atoms with Gasteiger partial charge in [0.1, 0.15) is 18.9 Å². The Kier molecular flexibility index (Phi) is 4.53. The van der Waals surface area contributed by atoms with E-state index in [1.54, 1.807) is 24.3 Å². The number of hydrogen-bond acceptors (Lipinski definition) is 4. The van der Waals surface area contributed by atoms with E-state index in [0.717, 1.165) is 11.0 Å². The number of carbonyl (C=O) groups excluding carboxylic acids is 1. The standard InChI is InChI=1S/C18H13FN4O2/c19-13-4-3-5-14(10-13)23(9-8-20)17(24)11-22-12-21-16-7-2-1-6-15(16)18(22)25/h1-7,10,12H,9,11H2. The Hall–Kier alpha value is -3.53. The van der Waals surface area contributed by atoms with Crippen molar-refractivity contribution in [2.75, 3.05) is 11.4 Å². The van der Waals surface area contributed by atoms with E-state index < -0.39 is 11.7 Å². The number of fused-ring (bicyclic) bond motifs is 1. The molecule has 0 unspecified atom stereocenters. The lowest BCUT2D eigenvalue weighted by molar-refractivity contribution is -0.119. The molecule has 0 bridgehead atoms. The van der Waals surface area contributed by atoms with Gasteiger partial charge >= 0.3 is 0 Å². The highest BCUT2D eigenvalue weighted by atomic mass is 19.1. The van der Waals surface area contributed by atoms with Gasteiger partial charge in [0.05, 0.1) is 23.3 Å². The van der Waals surface area contributed by atoms with Crippen molar-refractivity contribution < 1.29 is 9.18 Å². The van der Waals surface area contributed by atoms with Gasteiger partial charge in [0.15, 0.2) is 0 Å². The van der Waals surface area contributed by atoms with Gasteiger partial charge in [-0.25, -0.2) is 9.37 Å². The van der Waals surface area contributed by atoms with Crippen LogP contribution in [0, 0.1) is 17.1 Å². The van der Waals surface area contributed by atoms with E-state index in [4.69, 9.17) is 5.26 Å². The zero-order chi connectivity index (χ0) is 17.8. The van der Waals surface area contributed by atoms with E-state index in [-0.39, 0.29) is 24.3 Å². The lowest BCUT2D eigenvalue weighted by atomic mass is 10.2. The summed E-state index contributed by atoms with van der Waals surface area (Å²) >= 11 is 0. The van der Waals surface area contributed by atoms with Crippen LogP contribution in [-0.4, -0.2) is 22.0 Å². The fourth-order valence-electron chi connectivity index (χ4n) is 2.49. The summed E-state index contributed by atoms with van der Waals surface area (Å²) in [5.74, 6) is -1.02. The van der Waals surface area contributed by atoms with Gasteiger partial charge in [-0.2, -0.15) is 5.26 Å². The Morgan fingerprint density at radius 3 is 2.80 bits per heavy atom. The summed E-state index contributed by atoms with van der Waals surface area (Å²) in [4.78, 5) is 30.3. The van der Waals surface area contributed by atoms with Gasteiger partial charge in [-0.1, -0.05) is 18.2 Å². The van der Waals surface area contributed by atoms with Gasteiger partial charge < -0.3 is 0 Å². The number of para-hydroxylation sites is 1. The number of benzene rings is 2. The lowest BCUT2D eigenvalue weighted by Crippen LogP contribution is -2.37. The molecule has 1 aromatic heterocycles. The lowest BCUT2D eigenvalue weighted by Gasteiger charge is -2.20. The Morgan fingerprint density at radius 2 is 2.04 bits per heavy atom. The minimum absolute atomic E-state index is 0.252. The predicted molar refractivity (Wildman–Crippen MR) is 90.4 cm³/mol. The number of aromatic nitrogens is 2. The molecule has 0 aliphatic carbocycles. The van der Waals surface area contributed by atoms with Gasteiger partial charge in [0, 0.05) is 5.69 Å². The second kappa shape index (κ2) is 6.93. The quantitative estimate of drug-likeness (QED) is 0.684. The fourth-order valence-corrected chi connectivity index (χ4v) is 2.49. The van der Waals surface area contributed by atoms with Crippen LogP contribution >= 0.6 is 0 Å². The molecule has 0 atom stereocenters. The number of hydrogen-bond donors (Lipinski definition) is 0. The van der Waals surface area contributed by atoms with Crippen LogP contribution in [0.1, 0.15) is 0 Å². The van der Waals surface area contributed by atoms with Crippen LogP contribution in [0.15, 0.2) is 59.7 Å². The first-order valence-electron chi connectivity index (χ1n) is 7.47. The van der Waals surface area contributed by atoms with Crippen LogP contribution in [0.2, 0.25) is 0 Å². The van der Waals surface area contributed by atoms with Crippen molar-refractivity contribution in [1.29, 1.82) is 5.26 Å². The van der Waals surface area contributed by atoms with E-state index in [9.17, 15) is 14.0 Å². The van der Waals surface area contributed by atoms with Gasteiger partial charge in [-0.3, -0.25) is 19.1 Å². The predicted octanol–water partition coefficient (Wildman–Crippen LogP) is 2.09. The highest BCUT2D eigenvalue weighted by molar-refractivity contribution is 5.93. The van der Waals surface area contributed by atoms with Crippen LogP contribution in [0.25, 0.3) is 10.9 Å². The van der Waals surface area contributed by atoms with Crippen molar-refractivity contribution >= 4 is 22.5 Å². The monoisotopic (exact) mass is 336 g/mol. The second-order valence-corrected chi connectivity index (χ2v) is 5.31. The third kappa shape index (κ3) is 3.38. The molecular formula is C18H13FN4O2. The Bertz CT molecular complexity index is 1040. The zero-order valence-electron chi connectivity index (χ0n) is 13.1. The van der Waals surface area contributed by atoms with Crippen molar-refractivity contribution in [3.63, 3.8) is 0 Å². The summed E-state index contributed by atoms with van der Waals surface area (Å²) in [5.41, 5.74) is 0.443. The molecule has 7 heteroatoms. The van der Waals surface area contributed by atoms with Crippen LogP contribution in [0.3, 0.4) is 0 Å². The Balaban J connectivity index is 1.93. The molecule has 3 rings (SSSR count). The molecule has 0 aliphatic heterocycles. The average molecular weight is 336 g/mol. The molecule has 3 aromatic rings. The molecule has 0 radical (unpaired) electrons. The van der Waals surface area contributed by atoms with Gasteiger partial charge in [-0.15, -0.1) is 0 Å². The summed E-state index contributed by atoms with van der Waals surface area (Å²) in [6, 6.07) is 14.1. The SMILES string of the molecule is N#CCN(C(=O)Cn1cnc2ccccc2c1=O)c1cccc(F)c1. The van der Waals surface area contributed by atoms with Gasteiger partial charge in [0.2, 0.25) is 5.91 Å². The fraction of sp³-hybridized carbons (Fsp3) is 0.111. The number of rotatable bonds is 4. The molecule has 1 heterocycles. The third-order valence-corrected chi connectivity index (χ3v) is 3.69. The number of carbonyl (C=O) groups is 1. The minimum Gasteiger partial charge on any atom is -0.297 e. The van der Waals surface area contributed by atoms with Crippen LogP contribution in [0.4, 0.5) is 10.1 Å². The van der Waals surface area contributed by atoms with E-state index in [0.29, 0.717) is 10.9 Å². The highest BCUT2D eigenvalue weighted by Crippen LogP contribution is 2.16. The normalized spacial score (nSPS) is 10.4. The van der Waals surface area contributed by atoms with Crippen LogP contribution in [-0.2, 0) is 11.3 Å². The van der Waals surface area contributed by atoms with Gasteiger partial charge in [0.25, 0.3) is 5.56 Å². The van der Waals surface area contributed by atoms with Crippen LogP contribution < -0.4 is 10.5 Å². The van der Waals surface area contributed by atoms with Crippen molar-refractivity contribution in [2.45, 2.75) is 6.54 Å². The van der Waals surface area contributed by atoms with Crippen molar-refractivity contribution in [3.05, 3.63) is 71.0 Å². The zero-order valence-corrected chi connectivity index (χ0v) is 13.1. The molecule has 1 amide bonds. The summed E-state index contributed by atoms with van der Waals surface area (Å²) < 4.78 is 14.6.